The summed E-state index contributed by atoms with van der Waals surface area (Å²) in [7, 11) is 0. The molecule has 5 nitrogen and oxygen atoms in total. The van der Waals surface area contributed by atoms with E-state index in [0.29, 0.717) is 24.9 Å². The van der Waals surface area contributed by atoms with Crippen molar-refractivity contribution >= 4 is 17.6 Å². The summed E-state index contributed by atoms with van der Waals surface area (Å²) in [6, 6.07) is 8.20. The van der Waals surface area contributed by atoms with E-state index < -0.39 is 11.4 Å². The van der Waals surface area contributed by atoms with E-state index in [9.17, 15) is 14.7 Å². The van der Waals surface area contributed by atoms with Gasteiger partial charge in [0.15, 0.2) is 0 Å². The first kappa shape index (κ1) is 16.8. The van der Waals surface area contributed by atoms with E-state index in [2.05, 4.69) is 24.5 Å². The van der Waals surface area contributed by atoms with Gasteiger partial charge in [-0.3, -0.25) is 9.59 Å². The first-order valence-electron chi connectivity index (χ1n) is 8.79. The van der Waals surface area contributed by atoms with Gasteiger partial charge in [-0.05, 0) is 62.6 Å². The number of carboxylic acids is 1. The Morgan fingerprint density at radius 3 is 2.71 bits per heavy atom. The van der Waals surface area contributed by atoms with Crippen LogP contribution >= 0.6 is 0 Å². The van der Waals surface area contributed by atoms with Gasteiger partial charge in [0.25, 0.3) is 0 Å². The molecule has 0 aliphatic heterocycles. The summed E-state index contributed by atoms with van der Waals surface area (Å²) in [6.07, 6.45) is 3.30. The van der Waals surface area contributed by atoms with Gasteiger partial charge in [0.2, 0.25) is 5.91 Å². The van der Waals surface area contributed by atoms with E-state index in [-0.39, 0.29) is 11.8 Å². The molecular weight excluding hydrogens is 304 g/mol. The summed E-state index contributed by atoms with van der Waals surface area (Å²) in [6.45, 7) is 4.50. The first-order valence-corrected chi connectivity index (χ1v) is 8.79. The Hall–Kier alpha value is -2.04. The SMILES string of the molecule is CC(C)Nc1cccc(CNC(=O)C2(C(=O)O)CC3CCC2C3)c1. The molecule has 0 saturated heterocycles. The summed E-state index contributed by atoms with van der Waals surface area (Å²) in [5.41, 5.74) is 0.763. The third-order valence-corrected chi connectivity index (χ3v) is 5.47. The number of carboxylic acid groups (broad SMARTS) is 1. The molecule has 1 amide bonds. The predicted molar refractivity (Wildman–Crippen MR) is 92.6 cm³/mol. The number of anilines is 1. The largest absolute Gasteiger partial charge is 0.480 e. The van der Waals surface area contributed by atoms with Crippen LogP contribution in [0.1, 0.15) is 45.1 Å². The Bertz CT molecular complexity index is 643. The van der Waals surface area contributed by atoms with Gasteiger partial charge in [0.1, 0.15) is 5.41 Å². The second-order valence-corrected chi connectivity index (χ2v) is 7.54. The summed E-state index contributed by atoms with van der Waals surface area (Å²) in [5, 5.41) is 15.9. The Morgan fingerprint density at radius 2 is 2.12 bits per heavy atom. The molecule has 24 heavy (non-hydrogen) atoms. The summed E-state index contributed by atoms with van der Waals surface area (Å²) < 4.78 is 0. The van der Waals surface area contributed by atoms with E-state index in [0.717, 1.165) is 30.5 Å². The standard InChI is InChI=1S/C19H26N2O3/c1-12(2)21-16-5-3-4-14(9-16)11-20-17(22)19(18(23)24)10-13-6-7-15(19)8-13/h3-5,9,12-13,15,21H,6-8,10-11H2,1-2H3,(H,20,22)(H,23,24). The normalized spacial score (nSPS) is 28.1. The van der Waals surface area contributed by atoms with Crippen LogP contribution in [0.3, 0.4) is 0 Å². The van der Waals surface area contributed by atoms with Crippen molar-refractivity contribution in [2.24, 2.45) is 17.3 Å². The minimum atomic E-state index is -1.21. The lowest BCUT2D eigenvalue weighted by Crippen LogP contribution is -2.49. The summed E-state index contributed by atoms with van der Waals surface area (Å²) in [4.78, 5) is 24.6. The number of hydrogen-bond acceptors (Lipinski definition) is 3. The molecule has 2 bridgehead atoms. The molecule has 5 heteroatoms. The predicted octanol–water partition coefficient (Wildman–Crippen LogP) is 3.01. The van der Waals surface area contributed by atoms with Crippen molar-refractivity contribution in [2.75, 3.05) is 5.32 Å². The quantitative estimate of drug-likeness (QED) is 0.701. The second kappa shape index (κ2) is 6.46. The molecule has 1 aromatic carbocycles. The van der Waals surface area contributed by atoms with Crippen molar-refractivity contribution in [1.82, 2.24) is 5.32 Å². The molecule has 3 atom stereocenters. The highest BCUT2D eigenvalue weighted by atomic mass is 16.4. The Balaban J connectivity index is 1.68. The molecule has 2 saturated carbocycles. The van der Waals surface area contributed by atoms with Crippen LogP contribution in [0.15, 0.2) is 24.3 Å². The monoisotopic (exact) mass is 330 g/mol. The number of hydrogen-bond donors (Lipinski definition) is 3. The average Bonchev–Trinajstić information content (AvgIpc) is 3.13. The topological polar surface area (TPSA) is 78.4 Å². The lowest BCUT2D eigenvalue weighted by Gasteiger charge is -2.32. The maximum Gasteiger partial charge on any atom is 0.319 e. The van der Waals surface area contributed by atoms with Gasteiger partial charge >= 0.3 is 5.97 Å². The fourth-order valence-corrected chi connectivity index (χ4v) is 4.41. The highest BCUT2D eigenvalue weighted by Crippen LogP contribution is 2.56. The molecule has 3 rings (SSSR count). The van der Waals surface area contributed by atoms with Crippen LogP contribution in [0.4, 0.5) is 5.69 Å². The van der Waals surface area contributed by atoms with E-state index >= 15 is 0 Å². The van der Waals surface area contributed by atoms with Crippen LogP contribution in [0.25, 0.3) is 0 Å². The second-order valence-electron chi connectivity index (χ2n) is 7.54. The molecule has 0 aromatic heterocycles. The third-order valence-electron chi connectivity index (χ3n) is 5.47. The van der Waals surface area contributed by atoms with Gasteiger partial charge in [-0.1, -0.05) is 18.6 Å². The van der Waals surface area contributed by atoms with Crippen molar-refractivity contribution in [3.05, 3.63) is 29.8 Å². The summed E-state index contributed by atoms with van der Waals surface area (Å²) in [5.74, 6) is -0.879. The molecule has 1 aromatic rings. The number of fused-ring (bicyclic) bond motifs is 2. The molecule has 0 heterocycles. The maximum absolute atomic E-state index is 12.7. The lowest BCUT2D eigenvalue weighted by atomic mass is 9.72. The van der Waals surface area contributed by atoms with Crippen molar-refractivity contribution in [2.45, 2.75) is 52.1 Å². The number of rotatable bonds is 6. The molecule has 0 spiro atoms. The third kappa shape index (κ3) is 2.99. The van der Waals surface area contributed by atoms with E-state index in [1.165, 1.54) is 0 Å². The van der Waals surface area contributed by atoms with Gasteiger partial charge in [0.05, 0.1) is 0 Å². The number of carbonyl (C=O) groups is 2. The van der Waals surface area contributed by atoms with Gasteiger partial charge in [-0.25, -0.2) is 0 Å². The van der Waals surface area contributed by atoms with Crippen LogP contribution in [0.5, 0.6) is 0 Å². The number of carbonyl (C=O) groups excluding carboxylic acids is 1. The van der Waals surface area contributed by atoms with Crippen LogP contribution in [-0.2, 0) is 16.1 Å². The smallest absolute Gasteiger partial charge is 0.319 e. The van der Waals surface area contributed by atoms with Crippen LogP contribution in [0, 0.1) is 17.3 Å². The maximum atomic E-state index is 12.7. The van der Waals surface area contributed by atoms with E-state index in [4.69, 9.17) is 0 Å². The molecule has 0 radical (unpaired) electrons. The van der Waals surface area contributed by atoms with Gasteiger partial charge in [-0.2, -0.15) is 0 Å². The molecule has 130 valence electrons. The molecule has 2 aliphatic carbocycles. The van der Waals surface area contributed by atoms with E-state index in [1.807, 2.05) is 24.3 Å². The zero-order chi connectivity index (χ0) is 17.3. The van der Waals surface area contributed by atoms with Crippen LogP contribution in [-0.4, -0.2) is 23.0 Å². The van der Waals surface area contributed by atoms with E-state index in [1.54, 1.807) is 0 Å². The molecule has 2 fully saturated rings. The van der Waals surface area contributed by atoms with Gasteiger partial charge in [0, 0.05) is 18.3 Å². The molecular formula is C19H26N2O3. The Morgan fingerprint density at radius 1 is 1.33 bits per heavy atom. The minimum Gasteiger partial charge on any atom is -0.480 e. The van der Waals surface area contributed by atoms with Crippen molar-refractivity contribution in [3.8, 4) is 0 Å². The fourth-order valence-electron chi connectivity index (χ4n) is 4.41. The zero-order valence-electron chi connectivity index (χ0n) is 14.3. The molecule has 3 unspecified atom stereocenters. The number of aliphatic carboxylic acids is 1. The van der Waals surface area contributed by atoms with Gasteiger partial charge < -0.3 is 15.7 Å². The highest BCUT2D eigenvalue weighted by Gasteiger charge is 2.60. The van der Waals surface area contributed by atoms with Crippen molar-refractivity contribution in [3.63, 3.8) is 0 Å². The van der Waals surface area contributed by atoms with Crippen LogP contribution in [0.2, 0.25) is 0 Å². The van der Waals surface area contributed by atoms with Crippen LogP contribution < -0.4 is 10.6 Å². The Labute approximate surface area is 142 Å². The zero-order valence-corrected chi connectivity index (χ0v) is 14.3. The molecule has 2 aliphatic rings. The van der Waals surface area contributed by atoms with Gasteiger partial charge in [-0.15, -0.1) is 0 Å². The number of benzene rings is 1. The average molecular weight is 330 g/mol. The van der Waals surface area contributed by atoms with Crippen molar-refractivity contribution in [1.29, 1.82) is 0 Å². The number of amides is 1. The first-order chi connectivity index (χ1) is 11.4. The Kier molecular flexibility index (Phi) is 4.52. The van der Waals surface area contributed by atoms with Crippen molar-refractivity contribution < 1.29 is 14.7 Å². The number of nitrogens with one attached hydrogen (secondary N) is 2. The molecule has 3 N–H and O–H groups in total. The summed E-state index contributed by atoms with van der Waals surface area (Å²) >= 11 is 0. The lowest BCUT2D eigenvalue weighted by molar-refractivity contribution is -0.160. The fraction of sp³-hybridized carbons (Fsp3) is 0.579. The minimum absolute atomic E-state index is 0.00561. The highest BCUT2D eigenvalue weighted by molar-refractivity contribution is 6.02.